The number of aliphatic hydroxyl groups excluding tert-OH is 1. The Morgan fingerprint density at radius 1 is 1.34 bits per heavy atom. The predicted octanol–water partition coefficient (Wildman–Crippen LogP) is 1.06. The normalized spacial score (nSPS) is 22.4. The van der Waals surface area contributed by atoms with Crippen LogP contribution in [0.2, 0.25) is 0 Å². The molecule has 3 aromatic heterocycles. The van der Waals surface area contributed by atoms with Gasteiger partial charge in [0, 0.05) is 42.8 Å². The SMILES string of the molecule is CCOC1CC[N+]2(C=C(NC(O)c3csc(-c4cnn(COP(=O)([O-])[O-])c4)n3)C(c3ccccn3)=N2)CC1. The van der Waals surface area contributed by atoms with E-state index in [2.05, 4.69) is 24.9 Å². The lowest BCUT2D eigenvalue weighted by atomic mass is 10.1. The number of phosphoric acid groups is 1. The van der Waals surface area contributed by atoms with Crippen molar-refractivity contribution in [1.82, 2.24) is 25.1 Å². The largest absolute Gasteiger partial charge is 0.790 e. The molecule has 202 valence electrons. The summed E-state index contributed by atoms with van der Waals surface area (Å²) in [5, 5.41) is 25.5. The smallest absolute Gasteiger partial charge is 0.173 e. The van der Waals surface area contributed by atoms with Crippen molar-refractivity contribution in [1.29, 1.82) is 0 Å². The van der Waals surface area contributed by atoms with Gasteiger partial charge in [-0.1, -0.05) is 11.2 Å². The van der Waals surface area contributed by atoms with E-state index in [4.69, 9.17) is 9.84 Å². The Balaban J connectivity index is 1.32. The Kier molecular flexibility index (Phi) is 7.84. The minimum atomic E-state index is -5.11. The highest BCUT2D eigenvalue weighted by atomic mass is 32.1. The van der Waals surface area contributed by atoms with Crippen LogP contribution >= 0.6 is 19.2 Å². The number of hydrogen-bond acceptors (Lipinski definition) is 12. The van der Waals surface area contributed by atoms with E-state index in [1.165, 1.54) is 28.4 Å². The van der Waals surface area contributed by atoms with Gasteiger partial charge in [-0.25, -0.2) is 9.67 Å². The molecule has 2 N–H and O–H groups in total. The second-order valence-electron chi connectivity index (χ2n) is 8.89. The van der Waals surface area contributed by atoms with Crippen molar-refractivity contribution in [3.63, 3.8) is 0 Å². The zero-order valence-electron chi connectivity index (χ0n) is 20.5. The Hall–Kier alpha value is -2.81. The fraction of sp³-hybridized carbons (Fsp3) is 0.391. The van der Waals surface area contributed by atoms with Crippen molar-refractivity contribution in [2.24, 2.45) is 5.10 Å². The number of rotatable bonds is 10. The average Bonchev–Trinajstić information content (AvgIpc) is 3.64. The summed E-state index contributed by atoms with van der Waals surface area (Å²) in [6.45, 7) is 3.73. The summed E-state index contributed by atoms with van der Waals surface area (Å²) in [5.74, 6) is 0. The maximum Gasteiger partial charge on any atom is 0.173 e. The molecule has 0 aliphatic carbocycles. The van der Waals surface area contributed by atoms with Crippen molar-refractivity contribution >= 4 is 24.9 Å². The molecule has 38 heavy (non-hydrogen) atoms. The molecule has 2 aliphatic heterocycles. The number of pyridine rings is 1. The Labute approximate surface area is 222 Å². The monoisotopic (exact) mass is 560 g/mol. The maximum atomic E-state index is 11.0. The van der Waals surface area contributed by atoms with Crippen LogP contribution < -0.4 is 15.1 Å². The number of phosphoric ester groups is 1. The molecule has 2 aliphatic rings. The second-order valence-corrected chi connectivity index (χ2v) is 10.9. The molecule has 1 atom stereocenters. The summed E-state index contributed by atoms with van der Waals surface area (Å²) in [6, 6.07) is 5.62. The van der Waals surface area contributed by atoms with E-state index in [1.807, 2.05) is 31.3 Å². The number of nitrogens with zero attached hydrogens (tertiary/aromatic N) is 6. The van der Waals surface area contributed by atoms with Crippen LogP contribution in [0.15, 0.2) is 59.2 Å². The number of quaternary nitrogens is 1. The van der Waals surface area contributed by atoms with Gasteiger partial charge in [-0.05, 0) is 19.1 Å². The third-order valence-electron chi connectivity index (χ3n) is 6.23. The van der Waals surface area contributed by atoms with Crippen LogP contribution in [0, 0.1) is 0 Å². The molecule has 15 heteroatoms. The lowest BCUT2D eigenvalue weighted by molar-refractivity contribution is -0.890. The Bertz CT molecular complexity index is 1360. The van der Waals surface area contributed by atoms with Gasteiger partial charge in [-0.15, -0.1) is 11.3 Å². The number of piperidine rings is 1. The van der Waals surface area contributed by atoms with Gasteiger partial charge in [0.1, 0.15) is 42.4 Å². The molecule has 5 rings (SSSR count). The van der Waals surface area contributed by atoms with Gasteiger partial charge in [-0.2, -0.15) is 9.69 Å². The second kappa shape index (κ2) is 11.1. The van der Waals surface area contributed by atoms with Gasteiger partial charge in [0.15, 0.2) is 11.9 Å². The topological polar surface area (TPSA) is 170 Å². The van der Waals surface area contributed by atoms with E-state index >= 15 is 0 Å². The van der Waals surface area contributed by atoms with E-state index in [0.717, 1.165) is 25.9 Å². The van der Waals surface area contributed by atoms with Gasteiger partial charge < -0.3 is 34.0 Å². The molecule has 5 heterocycles. The molecule has 0 radical (unpaired) electrons. The molecule has 1 saturated heterocycles. The number of aromatic nitrogens is 4. The summed E-state index contributed by atoms with van der Waals surface area (Å²) in [6.07, 6.45) is 7.58. The molecule has 0 amide bonds. The van der Waals surface area contributed by atoms with Crippen molar-refractivity contribution in [3.8, 4) is 10.6 Å². The molecular formula is C23H27N7O6PS-. The number of nitrogens with one attached hydrogen (secondary N) is 1. The Morgan fingerprint density at radius 3 is 2.87 bits per heavy atom. The first-order valence-corrected chi connectivity index (χ1v) is 14.4. The number of allylic oxidation sites excluding steroid dienone is 1. The van der Waals surface area contributed by atoms with Crippen LogP contribution in [0.4, 0.5) is 0 Å². The van der Waals surface area contributed by atoms with Crippen LogP contribution in [-0.2, 0) is 20.6 Å². The zero-order valence-corrected chi connectivity index (χ0v) is 22.3. The van der Waals surface area contributed by atoms with Crippen LogP contribution in [0.3, 0.4) is 0 Å². The first-order valence-electron chi connectivity index (χ1n) is 12.1. The molecule has 1 fully saturated rings. The summed E-state index contributed by atoms with van der Waals surface area (Å²) >= 11 is 1.29. The lowest BCUT2D eigenvalue weighted by Gasteiger charge is -2.33. The molecule has 0 saturated carbocycles. The van der Waals surface area contributed by atoms with E-state index in [1.54, 1.807) is 11.6 Å². The van der Waals surface area contributed by atoms with Crippen LogP contribution in [-0.4, -0.2) is 61.0 Å². The van der Waals surface area contributed by atoms with Crippen molar-refractivity contribution < 1.29 is 33.3 Å². The highest BCUT2D eigenvalue weighted by Gasteiger charge is 2.40. The zero-order chi connectivity index (χ0) is 26.8. The molecule has 1 spiro atoms. The van der Waals surface area contributed by atoms with Gasteiger partial charge in [0.05, 0.1) is 25.8 Å². The van der Waals surface area contributed by atoms with E-state index in [9.17, 15) is 19.5 Å². The van der Waals surface area contributed by atoms with Crippen molar-refractivity contribution in [3.05, 3.63) is 65.5 Å². The summed E-state index contributed by atoms with van der Waals surface area (Å²) in [5.41, 5.74) is 3.03. The van der Waals surface area contributed by atoms with Crippen LogP contribution in [0.1, 0.15) is 37.4 Å². The predicted molar refractivity (Wildman–Crippen MR) is 134 cm³/mol. The standard InChI is InChI=1S/C23H28N7O6PS/c1-2-35-17-6-9-30(10-7-17)13-19(21(28-30)18-5-3-4-8-24-18)26-22(31)20-14-38-23(27-20)16-11-25-29(12-16)15-36-37(32,33)34/h3-5,8,11-14,17,22,26,31H,2,6-7,9-10,15H2,1H3,(H-,32,33,34)/p-1. The number of hydrogen-bond donors (Lipinski definition) is 2. The van der Waals surface area contributed by atoms with Gasteiger partial charge >= 0.3 is 0 Å². The van der Waals surface area contributed by atoms with Gasteiger partial charge in [-0.3, -0.25) is 4.98 Å². The first kappa shape index (κ1) is 26.8. The molecule has 0 bridgehead atoms. The fourth-order valence-electron chi connectivity index (χ4n) is 4.44. The van der Waals surface area contributed by atoms with Crippen molar-refractivity contribution in [2.75, 3.05) is 19.7 Å². The first-order chi connectivity index (χ1) is 18.2. The third kappa shape index (κ3) is 6.25. The minimum absolute atomic E-state index is 0.225. The number of aliphatic hydroxyl groups is 1. The average molecular weight is 561 g/mol. The molecule has 1 unspecified atom stereocenters. The van der Waals surface area contributed by atoms with E-state index in [-0.39, 0.29) is 6.10 Å². The fourth-order valence-corrected chi connectivity index (χ4v) is 5.52. The van der Waals surface area contributed by atoms with E-state index < -0.39 is 20.8 Å². The molecule has 13 nitrogen and oxygen atoms in total. The van der Waals surface area contributed by atoms with E-state index in [0.29, 0.717) is 44.6 Å². The van der Waals surface area contributed by atoms with Gasteiger partial charge in [0.25, 0.3) is 0 Å². The molecule has 0 aromatic carbocycles. The Morgan fingerprint density at radius 2 is 2.16 bits per heavy atom. The lowest BCUT2D eigenvalue weighted by Crippen LogP contribution is -2.45. The van der Waals surface area contributed by atoms with Crippen molar-refractivity contribution in [2.45, 2.75) is 38.8 Å². The summed E-state index contributed by atoms with van der Waals surface area (Å²) in [4.78, 5) is 30.4. The van der Waals surface area contributed by atoms with Crippen LogP contribution in [0.25, 0.3) is 10.6 Å². The molecular weight excluding hydrogens is 533 g/mol. The number of ether oxygens (including phenoxy) is 1. The highest BCUT2D eigenvalue weighted by Crippen LogP contribution is 2.32. The maximum absolute atomic E-state index is 11.0. The van der Waals surface area contributed by atoms with Gasteiger partial charge in [0.2, 0.25) is 0 Å². The van der Waals surface area contributed by atoms with Crippen LogP contribution in [0.5, 0.6) is 0 Å². The quantitative estimate of drug-likeness (QED) is 0.208. The minimum Gasteiger partial charge on any atom is -0.790 e. The summed E-state index contributed by atoms with van der Waals surface area (Å²) in [7, 11) is -5.11. The number of thiazole rings is 1. The third-order valence-corrected chi connectivity index (χ3v) is 7.57. The summed E-state index contributed by atoms with van der Waals surface area (Å²) < 4.78 is 22.3. The highest BCUT2D eigenvalue weighted by molar-refractivity contribution is 7.43. The molecule has 3 aromatic rings.